The number of carbonyl (C=O) groups is 1. The number of carbonyl (C=O) groups excluding carboxylic acids is 1. The summed E-state index contributed by atoms with van der Waals surface area (Å²) < 4.78 is 27.0. The number of piperazine rings is 1. The van der Waals surface area contributed by atoms with Gasteiger partial charge in [-0.3, -0.25) is 9.69 Å². The standard InChI is InChI=1S/C18H28N4O3S/c1-15-4-6-17(7-5-15)26(24,25)22-11-9-20(10-12-22)14-18(23)21-8-2-3-16(19)13-21/h4-7,16H,2-3,8-14,19H2,1H3. The lowest BCUT2D eigenvalue weighted by molar-refractivity contribution is -0.133. The van der Waals surface area contributed by atoms with Crippen LogP contribution in [-0.4, -0.2) is 80.3 Å². The smallest absolute Gasteiger partial charge is 0.243 e. The average molecular weight is 381 g/mol. The Morgan fingerprint density at radius 2 is 1.77 bits per heavy atom. The van der Waals surface area contributed by atoms with Gasteiger partial charge in [-0.1, -0.05) is 17.7 Å². The van der Waals surface area contributed by atoms with Gasteiger partial charge in [0.15, 0.2) is 0 Å². The number of hydrogen-bond donors (Lipinski definition) is 1. The van der Waals surface area contributed by atoms with Crippen LogP contribution in [0.2, 0.25) is 0 Å². The summed E-state index contributed by atoms with van der Waals surface area (Å²) in [4.78, 5) is 16.6. The van der Waals surface area contributed by atoms with Gasteiger partial charge in [0.2, 0.25) is 15.9 Å². The summed E-state index contributed by atoms with van der Waals surface area (Å²) in [5, 5.41) is 0. The first-order valence-corrected chi connectivity index (χ1v) is 10.6. The summed E-state index contributed by atoms with van der Waals surface area (Å²) >= 11 is 0. The normalized spacial score (nSPS) is 23.2. The van der Waals surface area contributed by atoms with E-state index < -0.39 is 10.0 Å². The molecule has 144 valence electrons. The molecule has 0 saturated carbocycles. The Morgan fingerprint density at radius 1 is 1.12 bits per heavy atom. The Bertz CT molecular complexity index is 727. The molecular formula is C18H28N4O3S. The molecule has 0 radical (unpaired) electrons. The van der Waals surface area contributed by atoms with E-state index in [1.165, 1.54) is 4.31 Å². The molecule has 2 aliphatic rings. The molecular weight excluding hydrogens is 352 g/mol. The SMILES string of the molecule is Cc1ccc(S(=O)(=O)N2CCN(CC(=O)N3CCCC(N)C3)CC2)cc1. The molecule has 26 heavy (non-hydrogen) atoms. The van der Waals surface area contributed by atoms with E-state index in [0.29, 0.717) is 44.2 Å². The van der Waals surface area contributed by atoms with Crippen LogP contribution in [0.15, 0.2) is 29.2 Å². The molecule has 2 N–H and O–H groups in total. The fourth-order valence-corrected chi connectivity index (χ4v) is 4.94. The number of benzene rings is 1. The zero-order chi connectivity index (χ0) is 18.7. The topological polar surface area (TPSA) is 87.0 Å². The van der Waals surface area contributed by atoms with Crippen molar-refractivity contribution >= 4 is 15.9 Å². The monoisotopic (exact) mass is 380 g/mol. The third-order valence-corrected chi connectivity index (χ3v) is 7.07. The highest BCUT2D eigenvalue weighted by Crippen LogP contribution is 2.18. The minimum Gasteiger partial charge on any atom is -0.340 e. The van der Waals surface area contributed by atoms with Gasteiger partial charge in [-0.25, -0.2) is 8.42 Å². The number of amides is 1. The Morgan fingerprint density at radius 3 is 2.38 bits per heavy atom. The Balaban J connectivity index is 1.54. The van der Waals surface area contributed by atoms with E-state index in [1.807, 2.05) is 28.9 Å². The zero-order valence-corrected chi connectivity index (χ0v) is 16.1. The highest BCUT2D eigenvalue weighted by atomic mass is 32.2. The summed E-state index contributed by atoms with van der Waals surface area (Å²) in [6.45, 7) is 5.61. The molecule has 1 atom stereocenters. The predicted octanol–water partition coefficient (Wildman–Crippen LogP) is 0.251. The van der Waals surface area contributed by atoms with Gasteiger partial charge < -0.3 is 10.6 Å². The van der Waals surface area contributed by atoms with Crippen molar-refractivity contribution in [1.29, 1.82) is 0 Å². The number of sulfonamides is 1. The lowest BCUT2D eigenvalue weighted by Crippen LogP contribution is -2.53. The molecule has 0 spiro atoms. The average Bonchev–Trinajstić information content (AvgIpc) is 2.62. The number of nitrogens with zero attached hydrogens (tertiary/aromatic N) is 3. The summed E-state index contributed by atoms with van der Waals surface area (Å²) in [6.07, 6.45) is 1.93. The number of piperidine rings is 1. The molecule has 2 fully saturated rings. The van der Waals surface area contributed by atoms with Crippen molar-refractivity contribution in [2.75, 3.05) is 45.8 Å². The maximum Gasteiger partial charge on any atom is 0.243 e. The van der Waals surface area contributed by atoms with Gasteiger partial charge in [0.25, 0.3) is 0 Å². The zero-order valence-electron chi connectivity index (χ0n) is 15.3. The third kappa shape index (κ3) is 4.43. The molecule has 8 heteroatoms. The summed E-state index contributed by atoms with van der Waals surface area (Å²) in [7, 11) is -3.46. The molecule has 1 aromatic carbocycles. The Labute approximate surface area is 155 Å². The quantitative estimate of drug-likeness (QED) is 0.809. The van der Waals surface area contributed by atoms with Crippen molar-refractivity contribution < 1.29 is 13.2 Å². The van der Waals surface area contributed by atoms with E-state index in [0.717, 1.165) is 24.9 Å². The molecule has 0 aromatic heterocycles. The molecule has 1 unspecified atom stereocenters. The van der Waals surface area contributed by atoms with Crippen LogP contribution >= 0.6 is 0 Å². The van der Waals surface area contributed by atoms with Crippen LogP contribution in [0, 0.1) is 6.92 Å². The second kappa shape index (κ2) is 8.04. The van der Waals surface area contributed by atoms with Crippen LogP contribution in [0.25, 0.3) is 0 Å². The highest BCUT2D eigenvalue weighted by Gasteiger charge is 2.30. The fourth-order valence-electron chi connectivity index (χ4n) is 3.52. The van der Waals surface area contributed by atoms with E-state index >= 15 is 0 Å². The largest absolute Gasteiger partial charge is 0.340 e. The van der Waals surface area contributed by atoms with Gasteiger partial charge in [-0.15, -0.1) is 0 Å². The van der Waals surface area contributed by atoms with Crippen molar-refractivity contribution in [3.63, 3.8) is 0 Å². The number of hydrogen-bond acceptors (Lipinski definition) is 5. The number of rotatable bonds is 4. The maximum atomic E-state index is 12.7. The van der Waals surface area contributed by atoms with Crippen molar-refractivity contribution in [1.82, 2.24) is 14.1 Å². The second-order valence-corrected chi connectivity index (χ2v) is 9.17. The van der Waals surface area contributed by atoms with Crippen LogP contribution < -0.4 is 5.73 Å². The Hall–Kier alpha value is -1.48. The lowest BCUT2D eigenvalue weighted by atomic mass is 10.1. The van der Waals surface area contributed by atoms with Crippen molar-refractivity contribution in [2.24, 2.45) is 5.73 Å². The summed E-state index contributed by atoms with van der Waals surface area (Å²) in [5.41, 5.74) is 6.98. The van der Waals surface area contributed by atoms with Crippen LogP contribution in [0.5, 0.6) is 0 Å². The van der Waals surface area contributed by atoms with E-state index in [9.17, 15) is 13.2 Å². The van der Waals surface area contributed by atoms with Crippen molar-refractivity contribution in [3.8, 4) is 0 Å². The molecule has 0 aliphatic carbocycles. The van der Waals surface area contributed by atoms with Crippen LogP contribution in [0.3, 0.4) is 0 Å². The maximum absolute atomic E-state index is 12.7. The van der Waals surface area contributed by atoms with E-state index in [-0.39, 0.29) is 11.9 Å². The third-order valence-electron chi connectivity index (χ3n) is 5.16. The van der Waals surface area contributed by atoms with Gasteiger partial charge in [-0.2, -0.15) is 4.31 Å². The lowest BCUT2D eigenvalue weighted by Gasteiger charge is -2.36. The fraction of sp³-hybridized carbons (Fsp3) is 0.611. The van der Waals surface area contributed by atoms with Gasteiger partial charge >= 0.3 is 0 Å². The molecule has 2 saturated heterocycles. The van der Waals surface area contributed by atoms with Gasteiger partial charge in [0.1, 0.15) is 0 Å². The van der Waals surface area contributed by atoms with Crippen LogP contribution in [-0.2, 0) is 14.8 Å². The first-order chi connectivity index (χ1) is 12.4. The molecule has 3 rings (SSSR count). The molecule has 7 nitrogen and oxygen atoms in total. The number of likely N-dealkylation sites (tertiary alicyclic amines) is 1. The molecule has 2 aliphatic heterocycles. The number of nitrogens with two attached hydrogens (primary N) is 1. The number of aryl methyl sites for hydroxylation is 1. The molecule has 1 amide bonds. The van der Waals surface area contributed by atoms with Crippen molar-refractivity contribution in [2.45, 2.75) is 30.7 Å². The van der Waals surface area contributed by atoms with E-state index in [2.05, 4.69) is 0 Å². The minimum absolute atomic E-state index is 0.0733. The first-order valence-electron chi connectivity index (χ1n) is 9.19. The van der Waals surface area contributed by atoms with Gasteiger partial charge in [0.05, 0.1) is 11.4 Å². The van der Waals surface area contributed by atoms with Gasteiger partial charge in [-0.05, 0) is 31.9 Å². The van der Waals surface area contributed by atoms with Gasteiger partial charge in [0, 0.05) is 45.3 Å². The Kier molecular flexibility index (Phi) is 5.96. The second-order valence-electron chi connectivity index (χ2n) is 7.24. The molecule has 2 heterocycles. The first kappa shape index (κ1) is 19.3. The van der Waals surface area contributed by atoms with Crippen LogP contribution in [0.1, 0.15) is 18.4 Å². The summed E-state index contributed by atoms with van der Waals surface area (Å²) in [6, 6.07) is 7.00. The highest BCUT2D eigenvalue weighted by molar-refractivity contribution is 7.89. The van der Waals surface area contributed by atoms with Crippen molar-refractivity contribution in [3.05, 3.63) is 29.8 Å². The summed E-state index contributed by atoms with van der Waals surface area (Å²) in [5.74, 6) is 0.0926. The van der Waals surface area contributed by atoms with E-state index in [4.69, 9.17) is 5.73 Å². The minimum atomic E-state index is -3.46. The predicted molar refractivity (Wildman–Crippen MR) is 100 cm³/mol. The van der Waals surface area contributed by atoms with Crippen LogP contribution in [0.4, 0.5) is 0 Å². The van der Waals surface area contributed by atoms with E-state index in [1.54, 1.807) is 12.1 Å². The molecule has 0 bridgehead atoms. The molecule has 1 aromatic rings.